The van der Waals surface area contributed by atoms with Crippen molar-refractivity contribution in [3.05, 3.63) is 24.2 Å². The number of nitrogens with one attached hydrogen (secondary N) is 1. The van der Waals surface area contributed by atoms with Crippen molar-refractivity contribution in [1.82, 2.24) is 5.32 Å². The second-order valence-electron chi connectivity index (χ2n) is 3.67. The molecule has 16 heavy (non-hydrogen) atoms. The first kappa shape index (κ1) is 13.1. The molecule has 1 aromatic rings. The van der Waals surface area contributed by atoms with Gasteiger partial charge in [0, 0.05) is 6.54 Å². The highest BCUT2D eigenvalue weighted by Crippen LogP contribution is 2.13. The van der Waals surface area contributed by atoms with Gasteiger partial charge >= 0.3 is 0 Å². The molecule has 0 saturated heterocycles. The summed E-state index contributed by atoms with van der Waals surface area (Å²) < 4.78 is 4.98. The number of aliphatic hydroxyl groups excluding tert-OH is 4. The van der Waals surface area contributed by atoms with Crippen molar-refractivity contribution < 1.29 is 24.8 Å². The summed E-state index contributed by atoms with van der Waals surface area (Å²) in [6.07, 6.45) is 0.551. The topological polar surface area (TPSA) is 106 Å². The summed E-state index contributed by atoms with van der Waals surface area (Å²) in [5.41, 5.74) is -1.19. The molecule has 1 rings (SSSR count). The van der Waals surface area contributed by atoms with E-state index in [-0.39, 0.29) is 6.54 Å². The lowest BCUT2D eigenvalue weighted by molar-refractivity contribution is 0.0298. The third-order valence-corrected chi connectivity index (χ3v) is 2.45. The van der Waals surface area contributed by atoms with Crippen LogP contribution in [0.3, 0.4) is 0 Å². The monoisotopic (exact) mass is 231 g/mol. The molecule has 5 N–H and O–H groups in total. The third-order valence-electron chi connectivity index (χ3n) is 2.45. The molecule has 0 amide bonds. The maximum atomic E-state index is 9.66. The van der Waals surface area contributed by atoms with E-state index in [0.717, 1.165) is 0 Å². The first-order valence-electron chi connectivity index (χ1n) is 4.96. The SMILES string of the molecule is OCC(CO)(CO)NCC(O)c1ccco1. The highest BCUT2D eigenvalue weighted by molar-refractivity contribution is 5.03. The number of furan rings is 1. The van der Waals surface area contributed by atoms with Crippen molar-refractivity contribution in [2.75, 3.05) is 26.4 Å². The highest BCUT2D eigenvalue weighted by atomic mass is 16.4. The van der Waals surface area contributed by atoms with Crippen LogP contribution in [0.4, 0.5) is 0 Å². The molecule has 6 heteroatoms. The second-order valence-corrected chi connectivity index (χ2v) is 3.67. The van der Waals surface area contributed by atoms with Gasteiger partial charge in [-0.2, -0.15) is 0 Å². The van der Waals surface area contributed by atoms with Crippen LogP contribution in [0.5, 0.6) is 0 Å². The van der Waals surface area contributed by atoms with Gasteiger partial charge in [-0.05, 0) is 12.1 Å². The largest absolute Gasteiger partial charge is 0.467 e. The zero-order valence-electron chi connectivity index (χ0n) is 8.83. The molecule has 0 saturated carbocycles. The maximum absolute atomic E-state index is 9.66. The zero-order chi connectivity index (χ0) is 12.0. The first-order chi connectivity index (χ1) is 7.67. The Morgan fingerprint density at radius 1 is 1.25 bits per heavy atom. The average Bonchev–Trinajstić information content (AvgIpc) is 2.85. The third kappa shape index (κ3) is 3.03. The summed E-state index contributed by atoms with van der Waals surface area (Å²) in [6.45, 7) is -1.21. The minimum Gasteiger partial charge on any atom is -0.467 e. The molecule has 0 spiro atoms. The fourth-order valence-corrected chi connectivity index (χ4v) is 1.21. The van der Waals surface area contributed by atoms with Crippen molar-refractivity contribution in [3.63, 3.8) is 0 Å². The Morgan fingerprint density at radius 3 is 2.31 bits per heavy atom. The Balaban J connectivity index is 2.49. The molecule has 0 aliphatic rings. The van der Waals surface area contributed by atoms with E-state index < -0.39 is 31.5 Å². The van der Waals surface area contributed by atoms with Crippen LogP contribution in [0.2, 0.25) is 0 Å². The smallest absolute Gasteiger partial charge is 0.133 e. The molecular weight excluding hydrogens is 214 g/mol. The van der Waals surface area contributed by atoms with E-state index in [2.05, 4.69) is 5.32 Å². The number of hydrogen-bond donors (Lipinski definition) is 5. The summed E-state index contributed by atoms with van der Waals surface area (Å²) in [5, 5.41) is 39.5. The van der Waals surface area contributed by atoms with Crippen molar-refractivity contribution in [1.29, 1.82) is 0 Å². The Labute approximate surface area is 93.1 Å². The molecule has 0 bridgehead atoms. The van der Waals surface area contributed by atoms with Crippen LogP contribution in [-0.2, 0) is 0 Å². The predicted octanol–water partition coefficient (Wildman–Crippen LogP) is -1.38. The Hall–Kier alpha value is -0.920. The average molecular weight is 231 g/mol. The maximum Gasteiger partial charge on any atom is 0.133 e. The summed E-state index contributed by atoms with van der Waals surface area (Å²) in [4.78, 5) is 0. The Kier molecular flexibility index (Phi) is 4.91. The predicted molar refractivity (Wildman–Crippen MR) is 55.7 cm³/mol. The molecule has 6 nitrogen and oxygen atoms in total. The molecule has 92 valence electrons. The van der Waals surface area contributed by atoms with Gasteiger partial charge < -0.3 is 30.2 Å². The van der Waals surface area contributed by atoms with E-state index in [1.807, 2.05) is 0 Å². The Bertz CT molecular complexity index is 275. The van der Waals surface area contributed by atoms with E-state index in [9.17, 15) is 5.11 Å². The number of hydrogen-bond acceptors (Lipinski definition) is 6. The molecule has 0 fully saturated rings. The first-order valence-corrected chi connectivity index (χ1v) is 4.96. The quantitative estimate of drug-likeness (QED) is 0.396. The normalized spacial score (nSPS) is 14.0. The molecule has 1 unspecified atom stereocenters. The van der Waals surface area contributed by atoms with E-state index in [4.69, 9.17) is 19.7 Å². The lowest BCUT2D eigenvalue weighted by Crippen LogP contribution is -2.55. The molecule has 1 heterocycles. The van der Waals surface area contributed by atoms with E-state index in [1.54, 1.807) is 12.1 Å². The lowest BCUT2D eigenvalue weighted by Gasteiger charge is -2.29. The number of β-amino-alcohol motifs (C(OH)–C–C–N with tert-alkyl or cyclic N) is 1. The number of aliphatic hydroxyl groups is 4. The minimum atomic E-state index is -1.19. The lowest BCUT2D eigenvalue weighted by atomic mass is 10.0. The van der Waals surface area contributed by atoms with Gasteiger partial charge in [-0.25, -0.2) is 0 Å². The fourth-order valence-electron chi connectivity index (χ4n) is 1.21. The summed E-state index contributed by atoms with van der Waals surface area (Å²) >= 11 is 0. The molecule has 0 aromatic carbocycles. The van der Waals surface area contributed by atoms with Crippen molar-refractivity contribution in [2.24, 2.45) is 0 Å². The van der Waals surface area contributed by atoms with E-state index in [0.29, 0.717) is 5.76 Å². The van der Waals surface area contributed by atoms with Crippen LogP contribution in [0.15, 0.2) is 22.8 Å². The van der Waals surface area contributed by atoms with Gasteiger partial charge in [0.15, 0.2) is 0 Å². The van der Waals surface area contributed by atoms with Crippen LogP contribution < -0.4 is 5.32 Å². The van der Waals surface area contributed by atoms with Gasteiger partial charge in [-0.15, -0.1) is 0 Å². The van der Waals surface area contributed by atoms with Gasteiger partial charge in [-0.3, -0.25) is 0 Å². The summed E-state index contributed by atoms with van der Waals surface area (Å²) in [5.74, 6) is 0.384. The molecule has 0 aliphatic heterocycles. The molecule has 1 atom stereocenters. The van der Waals surface area contributed by atoms with E-state index in [1.165, 1.54) is 6.26 Å². The molecule has 0 aliphatic carbocycles. The van der Waals surface area contributed by atoms with Crippen LogP contribution in [0, 0.1) is 0 Å². The van der Waals surface area contributed by atoms with E-state index >= 15 is 0 Å². The fraction of sp³-hybridized carbons (Fsp3) is 0.600. The van der Waals surface area contributed by atoms with Crippen molar-refractivity contribution in [2.45, 2.75) is 11.6 Å². The van der Waals surface area contributed by atoms with Crippen LogP contribution >= 0.6 is 0 Å². The highest BCUT2D eigenvalue weighted by Gasteiger charge is 2.28. The van der Waals surface area contributed by atoms with Gasteiger partial charge in [0.1, 0.15) is 11.9 Å². The molecule has 0 radical (unpaired) electrons. The van der Waals surface area contributed by atoms with Crippen molar-refractivity contribution >= 4 is 0 Å². The van der Waals surface area contributed by atoms with Crippen molar-refractivity contribution in [3.8, 4) is 0 Å². The van der Waals surface area contributed by atoms with Gasteiger partial charge in [-0.1, -0.05) is 0 Å². The zero-order valence-corrected chi connectivity index (χ0v) is 8.83. The number of rotatable bonds is 7. The molecule has 1 aromatic heterocycles. The van der Waals surface area contributed by atoms with Gasteiger partial charge in [0.05, 0.1) is 31.6 Å². The Morgan fingerprint density at radius 2 is 1.88 bits per heavy atom. The standard InChI is InChI=1S/C10H17NO5/c12-5-10(6-13,7-14)11-4-8(15)9-2-1-3-16-9/h1-3,8,11-15H,4-7H2. The van der Waals surface area contributed by atoms with Gasteiger partial charge in [0.25, 0.3) is 0 Å². The summed E-state index contributed by atoms with van der Waals surface area (Å²) in [6, 6.07) is 3.26. The molecular formula is C10H17NO5. The summed E-state index contributed by atoms with van der Waals surface area (Å²) in [7, 11) is 0. The van der Waals surface area contributed by atoms with Crippen LogP contribution in [0.25, 0.3) is 0 Å². The second kappa shape index (κ2) is 5.97. The van der Waals surface area contributed by atoms with Crippen LogP contribution in [0.1, 0.15) is 11.9 Å². The van der Waals surface area contributed by atoms with Crippen LogP contribution in [-0.4, -0.2) is 52.3 Å². The minimum absolute atomic E-state index is 0.0647. The van der Waals surface area contributed by atoms with Gasteiger partial charge in [0.2, 0.25) is 0 Å².